The zero-order valence-corrected chi connectivity index (χ0v) is 7.94. The van der Waals surface area contributed by atoms with Crippen molar-refractivity contribution in [1.82, 2.24) is 5.32 Å². The zero-order valence-electron chi connectivity index (χ0n) is 7.94. The van der Waals surface area contributed by atoms with Crippen LogP contribution in [-0.2, 0) is 4.74 Å². The zero-order chi connectivity index (χ0) is 8.81. The highest BCUT2D eigenvalue weighted by Gasteiger charge is 2.14. The molecule has 12 heavy (non-hydrogen) atoms. The van der Waals surface area contributed by atoms with E-state index in [9.17, 15) is 0 Å². The smallest absolute Gasteiger partial charge is 0.0690 e. The van der Waals surface area contributed by atoms with E-state index in [-0.39, 0.29) is 0 Å². The molecule has 0 aromatic rings. The maximum absolute atomic E-state index is 5.68. The lowest BCUT2D eigenvalue weighted by molar-refractivity contribution is 0.0747. The molecule has 1 aliphatic carbocycles. The van der Waals surface area contributed by atoms with Gasteiger partial charge in [0, 0.05) is 6.54 Å². The van der Waals surface area contributed by atoms with Gasteiger partial charge in [-0.1, -0.05) is 19.4 Å². The van der Waals surface area contributed by atoms with Crippen molar-refractivity contribution in [2.45, 2.75) is 31.8 Å². The molecule has 0 radical (unpaired) electrons. The molecular weight excluding hydrogens is 150 g/mol. The SMILES string of the molecule is C=C(CNC)COC1CCCC1. The van der Waals surface area contributed by atoms with Crippen LogP contribution in [0.15, 0.2) is 12.2 Å². The van der Waals surface area contributed by atoms with Gasteiger partial charge in [0.05, 0.1) is 12.7 Å². The van der Waals surface area contributed by atoms with Gasteiger partial charge in [0.2, 0.25) is 0 Å². The van der Waals surface area contributed by atoms with Crippen LogP contribution in [0, 0.1) is 0 Å². The molecule has 0 spiro atoms. The first-order chi connectivity index (χ1) is 5.83. The van der Waals surface area contributed by atoms with E-state index in [4.69, 9.17) is 4.74 Å². The highest BCUT2D eigenvalue weighted by atomic mass is 16.5. The molecule has 1 N–H and O–H groups in total. The number of hydrogen-bond acceptors (Lipinski definition) is 2. The van der Waals surface area contributed by atoms with E-state index in [0.29, 0.717) is 6.10 Å². The van der Waals surface area contributed by atoms with Crippen molar-refractivity contribution < 1.29 is 4.74 Å². The Balaban J connectivity index is 2.03. The second-order valence-electron chi connectivity index (χ2n) is 3.50. The summed E-state index contributed by atoms with van der Waals surface area (Å²) in [6, 6.07) is 0. The Bertz CT molecular complexity index is 139. The molecule has 1 saturated carbocycles. The third-order valence-corrected chi connectivity index (χ3v) is 2.25. The first-order valence-corrected chi connectivity index (χ1v) is 4.76. The minimum absolute atomic E-state index is 0.513. The summed E-state index contributed by atoms with van der Waals surface area (Å²) in [5, 5.41) is 3.06. The summed E-state index contributed by atoms with van der Waals surface area (Å²) in [5.41, 5.74) is 1.14. The monoisotopic (exact) mass is 169 g/mol. The molecule has 0 bridgehead atoms. The molecule has 0 aliphatic heterocycles. The second-order valence-corrected chi connectivity index (χ2v) is 3.50. The summed E-state index contributed by atoms with van der Waals surface area (Å²) >= 11 is 0. The Kier molecular flexibility index (Phi) is 4.33. The lowest BCUT2D eigenvalue weighted by Gasteiger charge is -2.12. The molecule has 0 unspecified atom stereocenters. The molecule has 1 rings (SSSR count). The van der Waals surface area contributed by atoms with Crippen molar-refractivity contribution in [3.8, 4) is 0 Å². The van der Waals surface area contributed by atoms with Gasteiger partial charge in [-0.25, -0.2) is 0 Å². The van der Waals surface area contributed by atoms with E-state index >= 15 is 0 Å². The average molecular weight is 169 g/mol. The van der Waals surface area contributed by atoms with E-state index in [2.05, 4.69) is 11.9 Å². The van der Waals surface area contributed by atoms with Crippen molar-refractivity contribution in [2.24, 2.45) is 0 Å². The van der Waals surface area contributed by atoms with Crippen LogP contribution in [0.2, 0.25) is 0 Å². The van der Waals surface area contributed by atoms with Crippen LogP contribution in [0.4, 0.5) is 0 Å². The number of likely N-dealkylation sites (N-methyl/N-ethyl adjacent to an activating group) is 1. The van der Waals surface area contributed by atoms with E-state index in [1.165, 1.54) is 25.7 Å². The van der Waals surface area contributed by atoms with Crippen LogP contribution in [0.5, 0.6) is 0 Å². The third-order valence-electron chi connectivity index (χ3n) is 2.25. The maximum Gasteiger partial charge on any atom is 0.0690 e. The topological polar surface area (TPSA) is 21.3 Å². The van der Waals surface area contributed by atoms with Crippen molar-refractivity contribution >= 4 is 0 Å². The molecule has 0 atom stereocenters. The Morgan fingerprint density at radius 2 is 2.17 bits per heavy atom. The first-order valence-electron chi connectivity index (χ1n) is 4.76. The predicted octanol–water partition coefficient (Wildman–Crippen LogP) is 1.72. The lowest BCUT2D eigenvalue weighted by Crippen LogP contribution is -2.16. The lowest BCUT2D eigenvalue weighted by atomic mass is 10.3. The highest BCUT2D eigenvalue weighted by molar-refractivity contribution is 4.96. The molecule has 70 valence electrons. The summed E-state index contributed by atoms with van der Waals surface area (Å²) in [4.78, 5) is 0. The molecule has 2 heteroatoms. The van der Waals surface area contributed by atoms with Gasteiger partial charge in [-0.2, -0.15) is 0 Å². The van der Waals surface area contributed by atoms with Crippen LogP contribution in [0.1, 0.15) is 25.7 Å². The fourth-order valence-electron chi connectivity index (χ4n) is 1.59. The van der Waals surface area contributed by atoms with Gasteiger partial charge >= 0.3 is 0 Å². The molecule has 1 aliphatic rings. The quantitative estimate of drug-likeness (QED) is 0.633. The molecule has 0 amide bonds. The maximum atomic E-state index is 5.68. The summed E-state index contributed by atoms with van der Waals surface area (Å²) in [6.07, 6.45) is 5.67. The molecule has 0 heterocycles. The van der Waals surface area contributed by atoms with Crippen LogP contribution >= 0.6 is 0 Å². The number of hydrogen-bond donors (Lipinski definition) is 1. The van der Waals surface area contributed by atoms with Gasteiger partial charge in [-0.3, -0.25) is 0 Å². The number of rotatable bonds is 5. The van der Waals surface area contributed by atoms with E-state index in [1.807, 2.05) is 7.05 Å². The summed E-state index contributed by atoms with van der Waals surface area (Å²) in [5.74, 6) is 0. The minimum Gasteiger partial charge on any atom is -0.374 e. The third kappa shape index (κ3) is 3.37. The van der Waals surface area contributed by atoms with Crippen molar-refractivity contribution in [3.63, 3.8) is 0 Å². The minimum atomic E-state index is 0.513. The summed E-state index contributed by atoms with van der Waals surface area (Å²) in [6.45, 7) is 5.51. The Morgan fingerprint density at radius 1 is 1.50 bits per heavy atom. The highest BCUT2D eigenvalue weighted by Crippen LogP contribution is 2.21. The summed E-state index contributed by atoms with van der Waals surface area (Å²) in [7, 11) is 1.93. The Hall–Kier alpha value is -0.340. The van der Waals surface area contributed by atoms with Gasteiger partial charge in [-0.15, -0.1) is 0 Å². The fourth-order valence-corrected chi connectivity index (χ4v) is 1.59. The Labute approximate surface area is 75.0 Å². The molecule has 0 saturated heterocycles. The largest absolute Gasteiger partial charge is 0.374 e. The first kappa shape index (κ1) is 9.75. The van der Waals surface area contributed by atoms with E-state index in [1.54, 1.807) is 0 Å². The van der Waals surface area contributed by atoms with Crippen LogP contribution in [-0.4, -0.2) is 26.3 Å². The normalized spacial score (nSPS) is 18.4. The van der Waals surface area contributed by atoms with Gasteiger partial charge in [0.1, 0.15) is 0 Å². The van der Waals surface area contributed by atoms with Crippen molar-refractivity contribution in [2.75, 3.05) is 20.2 Å². The summed E-state index contributed by atoms with van der Waals surface area (Å²) < 4.78 is 5.68. The molecule has 0 aromatic heterocycles. The van der Waals surface area contributed by atoms with E-state index < -0.39 is 0 Å². The van der Waals surface area contributed by atoms with Gasteiger partial charge in [0.15, 0.2) is 0 Å². The van der Waals surface area contributed by atoms with E-state index in [0.717, 1.165) is 18.7 Å². The van der Waals surface area contributed by atoms with Crippen LogP contribution in [0.3, 0.4) is 0 Å². The standard InChI is InChI=1S/C10H19NO/c1-9(7-11-2)8-12-10-5-3-4-6-10/h10-11H,1,3-8H2,2H3. The van der Waals surface area contributed by atoms with Crippen LogP contribution in [0.25, 0.3) is 0 Å². The van der Waals surface area contributed by atoms with Gasteiger partial charge < -0.3 is 10.1 Å². The molecule has 1 fully saturated rings. The van der Waals surface area contributed by atoms with Gasteiger partial charge in [0.25, 0.3) is 0 Å². The molecule has 2 nitrogen and oxygen atoms in total. The number of nitrogens with one attached hydrogen (secondary N) is 1. The molecular formula is C10H19NO. The average Bonchev–Trinajstić information content (AvgIpc) is 2.53. The van der Waals surface area contributed by atoms with Crippen LogP contribution < -0.4 is 5.32 Å². The molecule has 0 aromatic carbocycles. The predicted molar refractivity (Wildman–Crippen MR) is 51.3 cm³/mol. The number of ether oxygens (including phenoxy) is 1. The second kappa shape index (κ2) is 5.33. The fraction of sp³-hybridized carbons (Fsp3) is 0.800. The van der Waals surface area contributed by atoms with Gasteiger partial charge in [-0.05, 0) is 25.5 Å². The van der Waals surface area contributed by atoms with Crippen molar-refractivity contribution in [3.05, 3.63) is 12.2 Å². The Morgan fingerprint density at radius 3 is 2.75 bits per heavy atom. The van der Waals surface area contributed by atoms with Crippen molar-refractivity contribution in [1.29, 1.82) is 0 Å².